The zero-order valence-corrected chi connectivity index (χ0v) is 11.7. The Bertz CT molecular complexity index is 512. The highest BCUT2D eigenvalue weighted by Crippen LogP contribution is 2.55. The predicted octanol–water partition coefficient (Wildman–Crippen LogP) is 3.08. The molecule has 2 aliphatic carbocycles. The molecule has 2 bridgehead atoms. The molecule has 1 saturated carbocycles. The zero-order chi connectivity index (χ0) is 13.0. The van der Waals surface area contributed by atoms with Crippen molar-refractivity contribution in [2.45, 2.75) is 50.0 Å². The zero-order valence-electron chi connectivity index (χ0n) is 11.7. The third-order valence-corrected chi connectivity index (χ3v) is 6.10. The van der Waals surface area contributed by atoms with Crippen molar-refractivity contribution in [3.63, 3.8) is 0 Å². The predicted molar refractivity (Wildman–Crippen MR) is 76.5 cm³/mol. The van der Waals surface area contributed by atoms with Crippen molar-refractivity contribution in [3.05, 3.63) is 29.3 Å². The van der Waals surface area contributed by atoms with E-state index < -0.39 is 0 Å². The standard InChI is InChI=1S/C17H23NO/c1-18-9-8-17-7-3-2-4-14(17)16(18)10-12-5-6-13(19)11-15(12)17/h5-6,11,14,16,19H,2-4,7-10H2,1H3/t14-,16+,17-/m0/s1. The number of likely N-dealkylation sites (N-methyl/N-ethyl adjacent to an activating group) is 1. The van der Waals surface area contributed by atoms with Gasteiger partial charge in [0, 0.05) is 11.5 Å². The van der Waals surface area contributed by atoms with Gasteiger partial charge in [-0.05, 0) is 68.5 Å². The molecule has 1 aromatic rings. The smallest absolute Gasteiger partial charge is 0.115 e. The second-order valence-corrected chi connectivity index (χ2v) is 6.85. The summed E-state index contributed by atoms with van der Waals surface area (Å²) >= 11 is 0. The van der Waals surface area contributed by atoms with Crippen LogP contribution in [0, 0.1) is 5.92 Å². The van der Waals surface area contributed by atoms with E-state index in [-0.39, 0.29) is 0 Å². The minimum atomic E-state index is 0.377. The van der Waals surface area contributed by atoms with E-state index in [0.717, 1.165) is 12.0 Å². The number of rotatable bonds is 0. The van der Waals surface area contributed by atoms with Gasteiger partial charge in [-0.25, -0.2) is 0 Å². The van der Waals surface area contributed by atoms with E-state index in [1.807, 2.05) is 6.07 Å². The van der Waals surface area contributed by atoms with Crippen LogP contribution in [0.4, 0.5) is 0 Å². The van der Waals surface area contributed by atoms with Crippen molar-refractivity contribution in [1.82, 2.24) is 4.90 Å². The third kappa shape index (κ3) is 1.53. The van der Waals surface area contributed by atoms with Crippen LogP contribution < -0.4 is 0 Å². The Morgan fingerprint density at radius 3 is 3.05 bits per heavy atom. The van der Waals surface area contributed by atoms with Crippen molar-refractivity contribution >= 4 is 0 Å². The summed E-state index contributed by atoms with van der Waals surface area (Å²) in [6, 6.07) is 6.85. The first-order chi connectivity index (χ1) is 9.21. The number of nitrogens with zero attached hydrogens (tertiary/aromatic N) is 1. The summed E-state index contributed by atoms with van der Waals surface area (Å²) in [7, 11) is 2.30. The Labute approximate surface area is 115 Å². The number of hydrogen-bond donors (Lipinski definition) is 1. The molecule has 1 heterocycles. The number of benzene rings is 1. The van der Waals surface area contributed by atoms with E-state index in [9.17, 15) is 5.11 Å². The van der Waals surface area contributed by atoms with Crippen LogP contribution in [0.1, 0.15) is 43.2 Å². The van der Waals surface area contributed by atoms with E-state index in [0.29, 0.717) is 11.2 Å². The number of phenolic OH excluding ortho intramolecular Hbond substituents is 1. The van der Waals surface area contributed by atoms with Crippen LogP contribution in [0.5, 0.6) is 5.75 Å². The van der Waals surface area contributed by atoms with Gasteiger partial charge in [0.25, 0.3) is 0 Å². The van der Waals surface area contributed by atoms with Crippen LogP contribution in [-0.4, -0.2) is 29.6 Å². The number of hydrogen-bond acceptors (Lipinski definition) is 2. The molecular weight excluding hydrogens is 234 g/mol. The average molecular weight is 257 g/mol. The van der Waals surface area contributed by atoms with E-state index in [4.69, 9.17) is 0 Å². The van der Waals surface area contributed by atoms with Gasteiger partial charge in [-0.3, -0.25) is 0 Å². The highest BCUT2D eigenvalue weighted by molar-refractivity contribution is 5.45. The number of piperidine rings is 1. The maximum absolute atomic E-state index is 9.91. The quantitative estimate of drug-likeness (QED) is 0.772. The van der Waals surface area contributed by atoms with Crippen LogP contribution in [0.2, 0.25) is 0 Å². The normalized spacial score (nSPS) is 37.5. The summed E-state index contributed by atoms with van der Waals surface area (Å²) in [5, 5.41) is 9.91. The maximum atomic E-state index is 9.91. The molecule has 3 atom stereocenters. The molecule has 2 fully saturated rings. The van der Waals surface area contributed by atoms with Gasteiger partial charge >= 0.3 is 0 Å². The Hall–Kier alpha value is -1.02. The maximum Gasteiger partial charge on any atom is 0.115 e. The first-order valence-corrected chi connectivity index (χ1v) is 7.73. The Kier molecular flexibility index (Phi) is 2.47. The number of likely N-dealkylation sites (tertiary alicyclic amines) is 1. The number of aromatic hydroxyl groups is 1. The Morgan fingerprint density at radius 1 is 1.26 bits per heavy atom. The lowest BCUT2D eigenvalue weighted by Crippen LogP contribution is -2.59. The van der Waals surface area contributed by atoms with Gasteiger partial charge in [-0.1, -0.05) is 18.9 Å². The summed E-state index contributed by atoms with van der Waals surface area (Å²) in [5.41, 5.74) is 3.36. The molecule has 1 N–H and O–H groups in total. The van der Waals surface area contributed by atoms with Gasteiger partial charge in [0.2, 0.25) is 0 Å². The van der Waals surface area contributed by atoms with Crippen LogP contribution >= 0.6 is 0 Å². The second kappa shape index (κ2) is 3.99. The molecule has 19 heavy (non-hydrogen) atoms. The van der Waals surface area contributed by atoms with Crippen LogP contribution in [-0.2, 0) is 11.8 Å². The molecule has 0 aromatic heterocycles. The van der Waals surface area contributed by atoms with E-state index in [2.05, 4.69) is 24.1 Å². The fourth-order valence-corrected chi connectivity index (χ4v) is 5.18. The largest absolute Gasteiger partial charge is 0.508 e. The molecule has 2 nitrogen and oxygen atoms in total. The summed E-state index contributed by atoms with van der Waals surface area (Å²) < 4.78 is 0. The molecule has 102 valence electrons. The van der Waals surface area contributed by atoms with Gasteiger partial charge in [0.15, 0.2) is 0 Å². The minimum Gasteiger partial charge on any atom is -0.508 e. The molecule has 2 heteroatoms. The average Bonchev–Trinajstić information content (AvgIpc) is 2.43. The molecule has 0 unspecified atom stereocenters. The fourth-order valence-electron chi connectivity index (χ4n) is 5.18. The van der Waals surface area contributed by atoms with Gasteiger partial charge in [0.1, 0.15) is 5.75 Å². The van der Waals surface area contributed by atoms with Gasteiger partial charge in [-0.2, -0.15) is 0 Å². The lowest BCUT2D eigenvalue weighted by Gasteiger charge is -2.58. The summed E-state index contributed by atoms with van der Waals surface area (Å²) in [4.78, 5) is 2.59. The molecule has 0 spiro atoms. The SMILES string of the molecule is CN1CC[C@@]23CCCC[C@H]2[C@H]1Cc1ccc(O)cc13. The molecule has 0 radical (unpaired) electrons. The van der Waals surface area contributed by atoms with Gasteiger partial charge in [0.05, 0.1) is 0 Å². The van der Waals surface area contributed by atoms with Crippen LogP contribution in [0.25, 0.3) is 0 Å². The van der Waals surface area contributed by atoms with Crippen molar-refractivity contribution < 1.29 is 5.11 Å². The van der Waals surface area contributed by atoms with Crippen LogP contribution in [0.3, 0.4) is 0 Å². The van der Waals surface area contributed by atoms with Crippen LogP contribution in [0.15, 0.2) is 18.2 Å². The summed E-state index contributed by atoms with van der Waals surface area (Å²) in [6.45, 7) is 1.22. The second-order valence-electron chi connectivity index (χ2n) is 6.85. The minimum absolute atomic E-state index is 0.377. The molecular formula is C17H23NO. The first-order valence-electron chi connectivity index (χ1n) is 7.73. The summed E-state index contributed by atoms with van der Waals surface area (Å²) in [5.74, 6) is 1.27. The van der Waals surface area contributed by atoms with Crippen molar-refractivity contribution in [3.8, 4) is 5.75 Å². The highest BCUT2D eigenvalue weighted by atomic mass is 16.3. The number of phenols is 1. The number of fused-ring (bicyclic) bond motifs is 1. The van der Waals surface area contributed by atoms with Gasteiger partial charge in [-0.15, -0.1) is 0 Å². The molecule has 1 saturated heterocycles. The fraction of sp³-hybridized carbons (Fsp3) is 0.647. The van der Waals surface area contributed by atoms with E-state index in [1.54, 1.807) is 0 Å². The molecule has 3 aliphatic rings. The van der Waals surface area contributed by atoms with E-state index in [1.165, 1.54) is 56.2 Å². The topological polar surface area (TPSA) is 23.5 Å². The molecule has 0 amide bonds. The first kappa shape index (κ1) is 11.8. The van der Waals surface area contributed by atoms with Crippen molar-refractivity contribution in [2.24, 2.45) is 5.92 Å². The van der Waals surface area contributed by atoms with E-state index >= 15 is 0 Å². The van der Waals surface area contributed by atoms with Gasteiger partial charge < -0.3 is 10.0 Å². The Balaban J connectivity index is 1.90. The lowest BCUT2D eigenvalue weighted by atomic mass is 9.52. The highest BCUT2D eigenvalue weighted by Gasteiger charge is 2.52. The molecule has 4 rings (SSSR count). The lowest BCUT2D eigenvalue weighted by molar-refractivity contribution is 0.00274. The van der Waals surface area contributed by atoms with Crippen molar-refractivity contribution in [2.75, 3.05) is 13.6 Å². The molecule has 1 aromatic carbocycles. The van der Waals surface area contributed by atoms with Crippen molar-refractivity contribution in [1.29, 1.82) is 0 Å². The monoisotopic (exact) mass is 257 g/mol. The summed E-state index contributed by atoms with van der Waals surface area (Å²) in [6.07, 6.45) is 7.93. The third-order valence-electron chi connectivity index (χ3n) is 6.10. The Morgan fingerprint density at radius 2 is 2.16 bits per heavy atom. The molecule has 1 aliphatic heterocycles.